The SMILES string of the molecule is CNCCC(N)c1cc(C(C)C)ccc1OC. The predicted octanol–water partition coefficient (Wildman–Crippen LogP) is 2.43. The van der Waals surface area contributed by atoms with E-state index in [0.717, 1.165) is 24.3 Å². The molecule has 0 saturated carbocycles. The van der Waals surface area contributed by atoms with Gasteiger partial charge in [0.2, 0.25) is 0 Å². The Morgan fingerprint density at radius 3 is 2.59 bits per heavy atom. The summed E-state index contributed by atoms with van der Waals surface area (Å²) in [5.74, 6) is 1.40. The Morgan fingerprint density at radius 2 is 2.06 bits per heavy atom. The fourth-order valence-corrected chi connectivity index (χ4v) is 1.86. The van der Waals surface area contributed by atoms with Crippen LogP contribution in [0.1, 0.15) is 43.4 Å². The molecule has 3 heteroatoms. The zero-order chi connectivity index (χ0) is 12.8. The molecule has 0 amide bonds. The number of hydrogen-bond acceptors (Lipinski definition) is 3. The summed E-state index contributed by atoms with van der Waals surface area (Å²) in [6, 6.07) is 6.32. The molecule has 1 aromatic carbocycles. The minimum absolute atomic E-state index is 0.0242. The van der Waals surface area contributed by atoms with Crippen molar-refractivity contribution in [3.63, 3.8) is 0 Å². The minimum Gasteiger partial charge on any atom is -0.496 e. The Kier molecular flexibility index (Phi) is 5.45. The van der Waals surface area contributed by atoms with Crippen LogP contribution in [0.2, 0.25) is 0 Å². The maximum Gasteiger partial charge on any atom is 0.123 e. The van der Waals surface area contributed by atoms with E-state index in [1.807, 2.05) is 13.1 Å². The summed E-state index contributed by atoms with van der Waals surface area (Å²) in [5, 5.41) is 3.12. The molecule has 0 aliphatic rings. The van der Waals surface area contributed by atoms with Crippen LogP contribution in [-0.2, 0) is 0 Å². The molecule has 0 aliphatic carbocycles. The van der Waals surface area contributed by atoms with Crippen molar-refractivity contribution in [2.75, 3.05) is 20.7 Å². The molecule has 1 aromatic rings. The van der Waals surface area contributed by atoms with Crippen LogP contribution in [0.25, 0.3) is 0 Å². The smallest absolute Gasteiger partial charge is 0.123 e. The van der Waals surface area contributed by atoms with Gasteiger partial charge in [-0.05, 0) is 37.6 Å². The van der Waals surface area contributed by atoms with Gasteiger partial charge in [0.25, 0.3) is 0 Å². The van der Waals surface area contributed by atoms with Crippen molar-refractivity contribution in [2.24, 2.45) is 5.73 Å². The molecule has 1 rings (SSSR count). The van der Waals surface area contributed by atoms with Crippen LogP contribution in [0.3, 0.4) is 0 Å². The lowest BCUT2D eigenvalue weighted by atomic mass is 9.96. The molecular weight excluding hydrogens is 212 g/mol. The second-order valence-electron chi connectivity index (χ2n) is 4.65. The fourth-order valence-electron chi connectivity index (χ4n) is 1.86. The van der Waals surface area contributed by atoms with E-state index in [0.29, 0.717) is 5.92 Å². The van der Waals surface area contributed by atoms with Gasteiger partial charge in [0.1, 0.15) is 5.75 Å². The largest absolute Gasteiger partial charge is 0.496 e. The summed E-state index contributed by atoms with van der Waals surface area (Å²) >= 11 is 0. The van der Waals surface area contributed by atoms with Crippen molar-refractivity contribution in [3.05, 3.63) is 29.3 Å². The summed E-state index contributed by atoms with van der Waals surface area (Å²) < 4.78 is 5.38. The Morgan fingerprint density at radius 1 is 1.35 bits per heavy atom. The fraction of sp³-hybridized carbons (Fsp3) is 0.571. The van der Waals surface area contributed by atoms with E-state index in [1.165, 1.54) is 5.56 Å². The van der Waals surface area contributed by atoms with Crippen molar-refractivity contribution in [2.45, 2.75) is 32.2 Å². The maximum atomic E-state index is 6.21. The van der Waals surface area contributed by atoms with Crippen LogP contribution in [0.15, 0.2) is 18.2 Å². The van der Waals surface area contributed by atoms with E-state index >= 15 is 0 Å². The number of ether oxygens (including phenoxy) is 1. The monoisotopic (exact) mass is 236 g/mol. The van der Waals surface area contributed by atoms with E-state index in [9.17, 15) is 0 Å². The molecule has 1 unspecified atom stereocenters. The average Bonchev–Trinajstić information content (AvgIpc) is 2.34. The number of benzene rings is 1. The van der Waals surface area contributed by atoms with Crippen LogP contribution >= 0.6 is 0 Å². The highest BCUT2D eigenvalue weighted by molar-refractivity contribution is 5.40. The third-order valence-electron chi connectivity index (χ3n) is 3.03. The third-order valence-corrected chi connectivity index (χ3v) is 3.03. The Labute approximate surface area is 104 Å². The normalized spacial score (nSPS) is 12.8. The Balaban J connectivity index is 2.96. The van der Waals surface area contributed by atoms with Crippen LogP contribution in [-0.4, -0.2) is 20.7 Å². The summed E-state index contributed by atoms with van der Waals surface area (Å²) in [6.07, 6.45) is 0.911. The van der Waals surface area contributed by atoms with Crippen LogP contribution in [0, 0.1) is 0 Å². The molecule has 0 aromatic heterocycles. The molecule has 3 nitrogen and oxygen atoms in total. The Bertz CT molecular complexity index is 350. The molecular formula is C14H24N2O. The second-order valence-corrected chi connectivity index (χ2v) is 4.65. The highest BCUT2D eigenvalue weighted by Gasteiger charge is 2.13. The van der Waals surface area contributed by atoms with Crippen LogP contribution in [0.5, 0.6) is 5.75 Å². The van der Waals surface area contributed by atoms with Gasteiger partial charge in [-0.2, -0.15) is 0 Å². The molecule has 1 atom stereocenters. The van der Waals surface area contributed by atoms with Gasteiger partial charge in [0.15, 0.2) is 0 Å². The highest BCUT2D eigenvalue weighted by Crippen LogP contribution is 2.29. The molecule has 3 N–H and O–H groups in total. The number of hydrogen-bond donors (Lipinski definition) is 2. The quantitative estimate of drug-likeness (QED) is 0.797. The number of rotatable bonds is 6. The van der Waals surface area contributed by atoms with Gasteiger partial charge in [0.05, 0.1) is 7.11 Å². The molecule has 96 valence electrons. The summed E-state index contributed by atoms with van der Waals surface area (Å²) in [7, 11) is 3.63. The minimum atomic E-state index is 0.0242. The third kappa shape index (κ3) is 3.72. The lowest BCUT2D eigenvalue weighted by Gasteiger charge is -2.18. The summed E-state index contributed by atoms with van der Waals surface area (Å²) in [6.45, 7) is 5.28. The van der Waals surface area contributed by atoms with E-state index in [1.54, 1.807) is 7.11 Å². The lowest BCUT2D eigenvalue weighted by Crippen LogP contribution is -2.18. The number of nitrogens with one attached hydrogen (secondary N) is 1. The summed E-state index contributed by atoms with van der Waals surface area (Å²) in [5.41, 5.74) is 8.62. The van der Waals surface area contributed by atoms with Crippen molar-refractivity contribution in [1.29, 1.82) is 0 Å². The molecule has 0 spiro atoms. The van der Waals surface area contributed by atoms with Crippen molar-refractivity contribution in [3.8, 4) is 5.75 Å². The predicted molar refractivity (Wildman–Crippen MR) is 72.6 cm³/mol. The van der Waals surface area contributed by atoms with E-state index in [-0.39, 0.29) is 6.04 Å². The molecule has 0 radical (unpaired) electrons. The van der Waals surface area contributed by atoms with Crippen molar-refractivity contribution in [1.82, 2.24) is 5.32 Å². The zero-order valence-corrected chi connectivity index (χ0v) is 11.3. The standard InChI is InChI=1S/C14H24N2O/c1-10(2)11-5-6-14(17-4)12(9-11)13(15)7-8-16-3/h5-6,9-10,13,16H,7-8,15H2,1-4H3. The van der Waals surface area contributed by atoms with E-state index in [2.05, 4.69) is 31.3 Å². The molecule has 0 heterocycles. The number of methoxy groups -OCH3 is 1. The summed E-state index contributed by atoms with van der Waals surface area (Å²) in [4.78, 5) is 0. The molecule has 17 heavy (non-hydrogen) atoms. The van der Waals surface area contributed by atoms with Crippen LogP contribution < -0.4 is 15.8 Å². The van der Waals surface area contributed by atoms with Gasteiger partial charge in [-0.25, -0.2) is 0 Å². The van der Waals surface area contributed by atoms with Crippen LogP contribution in [0.4, 0.5) is 0 Å². The van der Waals surface area contributed by atoms with Gasteiger partial charge in [-0.3, -0.25) is 0 Å². The molecule has 0 bridgehead atoms. The van der Waals surface area contributed by atoms with E-state index in [4.69, 9.17) is 10.5 Å². The highest BCUT2D eigenvalue weighted by atomic mass is 16.5. The first-order valence-corrected chi connectivity index (χ1v) is 6.18. The zero-order valence-electron chi connectivity index (χ0n) is 11.3. The first-order valence-electron chi connectivity index (χ1n) is 6.18. The van der Waals surface area contributed by atoms with E-state index < -0.39 is 0 Å². The number of nitrogens with two attached hydrogens (primary N) is 1. The van der Waals surface area contributed by atoms with Gasteiger partial charge >= 0.3 is 0 Å². The second kappa shape index (κ2) is 6.62. The maximum absolute atomic E-state index is 6.21. The van der Waals surface area contributed by atoms with Gasteiger partial charge < -0.3 is 15.8 Å². The molecule has 0 saturated heterocycles. The van der Waals surface area contributed by atoms with Gasteiger partial charge in [0, 0.05) is 11.6 Å². The Hall–Kier alpha value is -1.06. The first kappa shape index (κ1) is 14.0. The van der Waals surface area contributed by atoms with Gasteiger partial charge in [-0.1, -0.05) is 26.0 Å². The molecule has 0 fully saturated rings. The van der Waals surface area contributed by atoms with Crippen molar-refractivity contribution < 1.29 is 4.74 Å². The van der Waals surface area contributed by atoms with Crippen molar-refractivity contribution >= 4 is 0 Å². The molecule has 0 aliphatic heterocycles. The first-order chi connectivity index (χ1) is 8.10. The average molecular weight is 236 g/mol. The van der Waals surface area contributed by atoms with Gasteiger partial charge in [-0.15, -0.1) is 0 Å². The topological polar surface area (TPSA) is 47.3 Å². The lowest BCUT2D eigenvalue weighted by molar-refractivity contribution is 0.403.